The van der Waals surface area contributed by atoms with Crippen molar-refractivity contribution in [2.24, 2.45) is 0 Å². The first-order valence-electron chi connectivity index (χ1n) is 5.97. The molecule has 0 atom stereocenters. The highest BCUT2D eigenvalue weighted by molar-refractivity contribution is 7.89. The number of aromatic amines is 1. The van der Waals surface area contributed by atoms with Crippen LogP contribution in [0.25, 0.3) is 0 Å². The van der Waals surface area contributed by atoms with Crippen molar-refractivity contribution in [1.29, 1.82) is 0 Å². The Morgan fingerprint density at radius 2 is 2.11 bits per heavy atom. The van der Waals surface area contributed by atoms with Crippen molar-refractivity contribution in [3.63, 3.8) is 0 Å². The van der Waals surface area contributed by atoms with Crippen LogP contribution in [-0.4, -0.2) is 74.5 Å². The number of likely N-dealkylation sites (N-methyl/N-ethyl adjacent to an activating group) is 1. The zero-order chi connectivity index (χ0) is 13.0. The van der Waals surface area contributed by atoms with Crippen LogP contribution in [0.5, 0.6) is 0 Å². The predicted octanol–water partition coefficient (Wildman–Crippen LogP) is -1.06. The van der Waals surface area contributed by atoms with Gasteiger partial charge in [-0.2, -0.15) is 0 Å². The third kappa shape index (κ3) is 3.52. The molecule has 1 fully saturated rings. The SMILES string of the molecule is CN1CCN(CCNS(=O)(=O)c2cnc[nH]2)CC1. The molecule has 7 nitrogen and oxygen atoms in total. The van der Waals surface area contributed by atoms with Crippen LogP contribution in [0, 0.1) is 0 Å². The average molecular weight is 273 g/mol. The maximum absolute atomic E-state index is 11.8. The number of aromatic nitrogens is 2. The average Bonchev–Trinajstić information content (AvgIpc) is 2.86. The highest BCUT2D eigenvalue weighted by Gasteiger charge is 2.17. The summed E-state index contributed by atoms with van der Waals surface area (Å²) < 4.78 is 26.1. The smallest absolute Gasteiger partial charge is 0.257 e. The summed E-state index contributed by atoms with van der Waals surface area (Å²) in [5.74, 6) is 0. The van der Waals surface area contributed by atoms with E-state index in [1.54, 1.807) is 0 Å². The van der Waals surface area contributed by atoms with Crippen LogP contribution in [-0.2, 0) is 10.0 Å². The van der Waals surface area contributed by atoms with Gasteiger partial charge in [-0.25, -0.2) is 18.1 Å². The van der Waals surface area contributed by atoms with Gasteiger partial charge >= 0.3 is 0 Å². The molecule has 0 saturated carbocycles. The molecule has 8 heteroatoms. The molecule has 1 aliphatic rings. The van der Waals surface area contributed by atoms with Crippen LogP contribution >= 0.6 is 0 Å². The molecule has 18 heavy (non-hydrogen) atoms. The van der Waals surface area contributed by atoms with Crippen molar-refractivity contribution in [3.05, 3.63) is 12.5 Å². The largest absolute Gasteiger partial charge is 0.335 e. The monoisotopic (exact) mass is 273 g/mol. The molecular formula is C10H19N5O2S. The molecule has 2 N–H and O–H groups in total. The first-order valence-corrected chi connectivity index (χ1v) is 7.45. The maximum Gasteiger partial charge on any atom is 0.257 e. The Labute approximate surface area is 107 Å². The van der Waals surface area contributed by atoms with Crippen molar-refractivity contribution in [3.8, 4) is 0 Å². The number of H-pyrrole nitrogens is 1. The summed E-state index contributed by atoms with van der Waals surface area (Å²) in [6.45, 7) is 5.21. The molecule has 2 rings (SSSR count). The Hall–Kier alpha value is -0.960. The fraction of sp³-hybridized carbons (Fsp3) is 0.700. The van der Waals surface area contributed by atoms with Crippen LogP contribution in [0.4, 0.5) is 0 Å². The van der Waals surface area contributed by atoms with Crippen molar-refractivity contribution >= 4 is 10.0 Å². The van der Waals surface area contributed by atoms with E-state index in [0.29, 0.717) is 6.54 Å². The normalized spacial score (nSPS) is 19.2. The van der Waals surface area contributed by atoms with E-state index in [2.05, 4.69) is 31.5 Å². The van der Waals surface area contributed by atoms with Gasteiger partial charge < -0.3 is 9.88 Å². The summed E-state index contributed by atoms with van der Waals surface area (Å²) >= 11 is 0. The molecule has 1 aliphatic heterocycles. The Morgan fingerprint density at radius 3 is 2.72 bits per heavy atom. The number of hydrogen-bond donors (Lipinski definition) is 2. The van der Waals surface area contributed by atoms with Crippen molar-refractivity contribution in [2.45, 2.75) is 5.03 Å². The van der Waals surface area contributed by atoms with E-state index in [9.17, 15) is 8.42 Å². The minimum absolute atomic E-state index is 0.112. The molecular weight excluding hydrogens is 254 g/mol. The highest BCUT2D eigenvalue weighted by atomic mass is 32.2. The van der Waals surface area contributed by atoms with E-state index < -0.39 is 10.0 Å². The molecule has 0 radical (unpaired) electrons. The van der Waals surface area contributed by atoms with E-state index in [-0.39, 0.29) is 5.03 Å². The lowest BCUT2D eigenvalue weighted by Crippen LogP contribution is -2.46. The first kappa shape index (κ1) is 13.5. The van der Waals surface area contributed by atoms with Gasteiger partial charge in [-0.3, -0.25) is 4.90 Å². The number of nitrogens with zero attached hydrogens (tertiary/aromatic N) is 3. The minimum atomic E-state index is -3.43. The van der Waals surface area contributed by atoms with Gasteiger partial charge in [0.2, 0.25) is 0 Å². The van der Waals surface area contributed by atoms with Gasteiger partial charge in [-0.15, -0.1) is 0 Å². The molecule has 0 unspecified atom stereocenters. The lowest BCUT2D eigenvalue weighted by molar-refractivity contribution is 0.156. The standard InChI is InChI=1S/C10H19N5O2S/c1-14-4-6-15(7-5-14)3-2-13-18(16,17)10-8-11-9-12-10/h8-9,13H,2-7H2,1H3,(H,11,12). The summed E-state index contributed by atoms with van der Waals surface area (Å²) in [6, 6.07) is 0. The van der Waals surface area contributed by atoms with Crippen molar-refractivity contribution in [2.75, 3.05) is 46.3 Å². The zero-order valence-corrected chi connectivity index (χ0v) is 11.3. The number of imidazole rings is 1. The Bertz CT molecular complexity index is 451. The summed E-state index contributed by atoms with van der Waals surface area (Å²) in [6.07, 6.45) is 2.66. The van der Waals surface area contributed by atoms with Crippen LogP contribution < -0.4 is 4.72 Å². The second kappa shape index (κ2) is 5.79. The van der Waals surface area contributed by atoms with Gasteiger partial charge in [0.1, 0.15) is 0 Å². The van der Waals surface area contributed by atoms with Gasteiger partial charge in [-0.1, -0.05) is 0 Å². The molecule has 0 amide bonds. The van der Waals surface area contributed by atoms with Crippen molar-refractivity contribution in [1.82, 2.24) is 24.5 Å². The first-order chi connectivity index (χ1) is 8.58. The van der Waals surface area contributed by atoms with Gasteiger partial charge in [0.05, 0.1) is 12.5 Å². The van der Waals surface area contributed by atoms with E-state index in [1.807, 2.05) is 0 Å². The lowest BCUT2D eigenvalue weighted by Gasteiger charge is -2.32. The topological polar surface area (TPSA) is 81.3 Å². The van der Waals surface area contributed by atoms with Crippen LogP contribution in [0.1, 0.15) is 0 Å². The van der Waals surface area contributed by atoms with Gasteiger partial charge in [-0.05, 0) is 7.05 Å². The Morgan fingerprint density at radius 1 is 1.39 bits per heavy atom. The molecule has 0 aromatic carbocycles. The fourth-order valence-corrected chi connectivity index (χ4v) is 2.80. The third-order valence-corrected chi connectivity index (χ3v) is 4.47. The molecule has 102 valence electrons. The van der Waals surface area contributed by atoms with Crippen LogP contribution in [0.2, 0.25) is 0 Å². The lowest BCUT2D eigenvalue weighted by atomic mass is 10.3. The number of piperazine rings is 1. The summed E-state index contributed by atoms with van der Waals surface area (Å²) in [7, 11) is -1.34. The molecule has 0 aliphatic carbocycles. The molecule has 1 saturated heterocycles. The number of nitrogens with one attached hydrogen (secondary N) is 2. The summed E-state index contributed by atoms with van der Waals surface area (Å²) in [5.41, 5.74) is 0. The molecule has 0 bridgehead atoms. The van der Waals surface area contributed by atoms with E-state index >= 15 is 0 Å². The number of rotatable bonds is 5. The number of sulfonamides is 1. The van der Waals surface area contributed by atoms with Gasteiger partial charge in [0.15, 0.2) is 5.03 Å². The minimum Gasteiger partial charge on any atom is -0.335 e. The summed E-state index contributed by atoms with van der Waals surface area (Å²) in [4.78, 5) is 10.8. The highest BCUT2D eigenvalue weighted by Crippen LogP contribution is 2.02. The molecule has 2 heterocycles. The van der Waals surface area contributed by atoms with E-state index in [4.69, 9.17) is 0 Å². The van der Waals surface area contributed by atoms with Gasteiger partial charge in [0, 0.05) is 39.3 Å². The maximum atomic E-state index is 11.8. The van der Waals surface area contributed by atoms with Crippen LogP contribution in [0.3, 0.4) is 0 Å². The molecule has 0 spiro atoms. The van der Waals surface area contributed by atoms with E-state index in [0.717, 1.165) is 32.7 Å². The van der Waals surface area contributed by atoms with E-state index in [1.165, 1.54) is 12.5 Å². The number of hydrogen-bond acceptors (Lipinski definition) is 5. The quantitative estimate of drug-likeness (QED) is 0.714. The Balaban J connectivity index is 1.75. The second-order valence-electron chi connectivity index (χ2n) is 4.46. The molecule has 1 aromatic rings. The van der Waals surface area contributed by atoms with Crippen LogP contribution in [0.15, 0.2) is 17.6 Å². The summed E-state index contributed by atoms with van der Waals surface area (Å²) in [5, 5.41) is 0.112. The van der Waals surface area contributed by atoms with Crippen molar-refractivity contribution < 1.29 is 8.42 Å². The van der Waals surface area contributed by atoms with Gasteiger partial charge in [0.25, 0.3) is 10.0 Å². The predicted molar refractivity (Wildman–Crippen MR) is 67.7 cm³/mol. The fourth-order valence-electron chi connectivity index (χ4n) is 1.88. The Kier molecular flexibility index (Phi) is 4.33. The second-order valence-corrected chi connectivity index (χ2v) is 6.19. The third-order valence-electron chi connectivity index (χ3n) is 3.08. The zero-order valence-electron chi connectivity index (χ0n) is 10.5. The molecule has 1 aromatic heterocycles.